The van der Waals surface area contributed by atoms with Crippen molar-refractivity contribution in [2.24, 2.45) is 0 Å². The molecule has 0 aliphatic carbocycles. The maximum absolute atomic E-state index is 5.72. The number of anilines is 3. The van der Waals surface area contributed by atoms with Gasteiger partial charge in [0.2, 0.25) is 5.75 Å². The van der Waals surface area contributed by atoms with Crippen LogP contribution in [0.1, 0.15) is 5.56 Å². The molecular weight excluding hydrogens is 296 g/mol. The maximum atomic E-state index is 5.72. The van der Waals surface area contributed by atoms with Gasteiger partial charge in [0.1, 0.15) is 6.33 Å². The largest absolute Gasteiger partial charge is 0.490 e. The summed E-state index contributed by atoms with van der Waals surface area (Å²) in [5.74, 6) is 1.28. The van der Waals surface area contributed by atoms with E-state index in [0.29, 0.717) is 17.4 Å². The molecule has 5 nitrogen and oxygen atoms in total. The Morgan fingerprint density at radius 1 is 1.33 bits per heavy atom. The minimum atomic E-state index is 0.304. The van der Waals surface area contributed by atoms with Crippen LogP contribution in [0.3, 0.4) is 0 Å². The first-order valence-electron chi connectivity index (χ1n) is 5.29. The fourth-order valence-electron chi connectivity index (χ4n) is 1.53. The van der Waals surface area contributed by atoms with Crippen molar-refractivity contribution >= 4 is 33.3 Å². The van der Waals surface area contributed by atoms with E-state index in [2.05, 4.69) is 31.2 Å². The Labute approximate surface area is 114 Å². The molecule has 94 valence electrons. The van der Waals surface area contributed by atoms with Crippen molar-refractivity contribution < 1.29 is 4.74 Å². The Balaban J connectivity index is 2.37. The highest BCUT2D eigenvalue weighted by atomic mass is 79.9. The van der Waals surface area contributed by atoms with Gasteiger partial charge in [0.15, 0.2) is 11.6 Å². The van der Waals surface area contributed by atoms with Gasteiger partial charge in [-0.1, -0.05) is 6.07 Å². The second-order valence-corrected chi connectivity index (χ2v) is 4.60. The molecule has 0 radical (unpaired) electrons. The Kier molecular flexibility index (Phi) is 3.66. The molecule has 0 bridgehead atoms. The van der Waals surface area contributed by atoms with E-state index in [0.717, 1.165) is 10.2 Å². The first-order valence-corrected chi connectivity index (χ1v) is 6.08. The lowest BCUT2D eigenvalue weighted by Crippen LogP contribution is -2.03. The minimum absolute atomic E-state index is 0.304. The van der Waals surface area contributed by atoms with E-state index in [9.17, 15) is 0 Å². The zero-order valence-corrected chi connectivity index (χ0v) is 11.7. The predicted molar refractivity (Wildman–Crippen MR) is 75.2 cm³/mol. The average Bonchev–Trinajstić information content (AvgIpc) is 2.33. The van der Waals surface area contributed by atoms with Crippen LogP contribution >= 0.6 is 15.9 Å². The monoisotopic (exact) mass is 308 g/mol. The number of methoxy groups -OCH3 is 1. The SMILES string of the molecule is COc1c(N)ncnc1Nc1ccc(C)cc1Br. The molecule has 0 fully saturated rings. The van der Waals surface area contributed by atoms with E-state index in [-0.39, 0.29) is 0 Å². The van der Waals surface area contributed by atoms with Gasteiger partial charge in [-0.05, 0) is 40.5 Å². The van der Waals surface area contributed by atoms with Gasteiger partial charge in [0.05, 0.1) is 12.8 Å². The van der Waals surface area contributed by atoms with E-state index in [1.165, 1.54) is 19.0 Å². The van der Waals surface area contributed by atoms with Crippen LogP contribution in [-0.4, -0.2) is 17.1 Å². The summed E-state index contributed by atoms with van der Waals surface area (Å²) in [5, 5.41) is 3.16. The van der Waals surface area contributed by atoms with E-state index in [1.54, 1.807) is 0 Å². The van der Waals surface area contributed by atoms with E-state index >= 15 is 0 Å². The van der Waals surface area contributed by atoms with E-state index < -0.39 is 0 Å². The van der Waals surface area contributed by atoms with Crippen molar-refractivity contribution in [3.63, 3.8) is 0 Å². The van der Waals surface area contributed by atoms with E-state index in [1.807, 2.05) is 25.1 Å². The molecule has 0 aliphatic rings. The lowest BCUT2D eigenvalue weighted by Gasteiger charge is -2.12. The predicted octanol–water partition coefficient (Wildman–Crippen LogP) is 2.88. The summed E-state index contributed by atoms with van der Waals surface area (Å²) in [7, 11) is 1.53. The molecule has 6 heteroatoms. The van der Waals surface area contributed by atoms with Gasteiger partial charge in [0.25, 0.3) is 0 Å². The molecule has 3 N–H and O–H groups in total. The number of aryl methyl sites for hydroxylation is 1. The lowest BCUT2D eigenvalue weighted by molar-refractivity contribution is 0.415. The molecule has 1 aromatic heterocycles. The molecular formula is C12H13BrN4O. The van der Waals surface area contributed by atoms with Crippen LogP contribution in [0.25, 0.3) is 0 Å². The Morgan fingerprint density at radius 3 is 2.78 bits per heavy atom. The van der Waals surface area contributed by atoms with Crippen LogP contribution in [-0.2, 0) is 0 Å². The Hall–Kier alpha value is -1.82. The number of nitrogens with one attached hydrogen (secondary N) is 1. The minimum Gasteiger partial charge on any atom is -0.490 e. The summed E-state index contributed by atoms with van der Waals surface area (Å²) in [5.41, 5.74) is 7.77. The highest BCUT2D eigenvalue weighted by molar-refractivity contribution is 9.10. The maximum Gasteiger partial charge on any atom is 0.204 e. The fraction of sp³-hybridized carbons (Fsp3) is 0.167. The number of halogens is 1. The molecule has 1 heterocycles. The standard InChI is InChI=1S/C12H13BrN4O/c1-7-3-4-9(8(13)5-7)17-12-10(18-2)11(14)15-6-16-12/h3-6H,1-2H3,(H3,14,15,16,17). The molecule has 1 aromatic carbocycles. The first kappa shape index (κ1) is 12.6. The highest BCUT2D eigenvalue weighted by Gasteiger charge is 2.10. The summed E-state index contributed by atoms with van der Waals surface area (Å²) < 4.78 is 6.13. The normalized spacial score (nSPS) is 10.2. The van der Waals surface area contributed by atoms with Gasteiger partial charge in [-0.25, -0.2) is 9.97 Å². The molecule has 18 heavy (non-hydrogen) atoms. The summed E-state index contributed by atoms with van der Waals surface area (Å²) in [6.45, 7) is 2.03. The Bertz CT molecular complexity index is 574. The number of aromatic nitrogens is 2. The second kappa shape index (κ2) is 5.22. The highest BCUT2D eigenvalue weighted by Crippen LogP contribution is 2.32. The summed E-state index contributed by atoms with van der Waals surface area (Å²) in [6, 6.07) is 5.97. The molecule has 0 saturated heterocycles. The third kappa shape index (κ3) is 2.53. The lowest BCUT2D eigenvalue weighted by atomic mass is 10.2. The molecule has 0 aliphatic heterocycles. The van der Waals surface area contributed by atoms with Crippen molar-refractivity contribution in [1.29, 1.82) is 0 Å². The van der Waals surface area contributed by atoms with Gasteiger partial charge < -0.3 is 15.8 Å². The fourth-order valence-corrected chi connectivity index (χ4v) is 2.12. The van der Waals surface area contributed by atoms with Gasteiger partial charge >= 0.3 is 0 Å². The molecule has 0 atom stereocenters. The topological polar surface area (TPSA) is 73.1 Å². The van der Waals surface area contributed by atoms with Gasteiger partial charge in [0, 0.05) is 4.47 Å². The number of nitrogen functional groups attached to an aromatic ring is 1. The number of rotatable bonds is 3. The molecule has 0 spiro atoms. The van der Waals surface area contributed by atoms with Crippen LogP contribution in [0.15, 0.2) is 29.0 Å². The zero-order valence-electron chi connectivity index (χ0n) is 10.1. The van der Waals surface area contributed by atoms with Crippen LogP contribution in [0.2, 0.25) is 0 Å². The van der Waals surface area contributed by atoms with Gasteiger partial charge in [-0.2, -0.15) is 0 Å². The third-order valence-corrected chi connectivity index (χ3v) is 3.07. The Morgan fingerprint density at radius 2 is 2.11 bits per heavy atom. The molecule has 0 unspecified atom stereocenters. The summed E-state index contributed by atoms with van der Waals surface area (Å²) >= 11 is 3.49. The number of nitrogens with two attached hydrogens (primary N) is 1. The quantitative estimate of drug-likeness (QED) is 0.912. The van der Waals surface area contributed by atoms with Crippen LogP contribution in [0, 0.1) is 6.92 Å². The number of hydrogen-bond acceptors (Lipinski definition) is 5. The van der Waals surface area contributed by atoms with Crippen molar-refractivity contribution in [2.45, 2.75) is 6.92 Å². The molecule has 0 amide bonds. The molecule has 2 rings (SSSR count). The number of ether oxygens (including phenoxy) is 1. The number of benzene rings is 1. The van der Waals surface area contributed by atoms with Crippen LogP contribution < -0.4 is 15.8 Å². The number of hydrogen-bond donors (Lipinski definition) is 2. The van der Waals surface area contributed by atoms with Gasteiger partial charge in [-0.3, -0.25) is 0 Å². The van der Waals surface area contributed by atoms with E-state index in [4.69, 9.17) is 10.5 Å². The molecule has 2 aromatic rings. The van der Waals surface area contributed by atoms with Gasteiger partial charge in [-0.15, -0.1) is 0 Å². The smallest absolute Gasteiger partial charge is 0.204 e. The number of nitrogens with zero attached hydrogens (tertiary/aromatic N) is 2. The second-order valence-electron chi connectivity index (χ2n) is 3.75. The van der Waals surface area contributed by atoms with Crippen molar-refractivity contribution in [1.82, 2.24) is 9.97 Å². The molecule has 0 saturated carbocycles. The van der Waals surface area contributed by atoms with Crippen LogP contribution in [0.5, 0.6) is 5.75 Å². The third-order valence-electron chi connectivity index (χ3n) is 2.41. The van der Waals surface area contributed by atoms with Crippen LogP contribution in [0.4, 0.5) is 17.3 Å². The van der Waals surface area contributed by atoms with Crippen molar-refractivity contribution in [2.75, 3.05) is 18.2 Å². The zero-order chi connectivity index (χ0) is 13.1. The summed E-state index contributed by atoms with van der Waals surface area (Å²) in [4.78, 5) is 8.00. The van der Waals surface area contributed by atoms with Crippen molar-refractivity contribution in [3.8, 4) is 5.75 Å². The average molecular weight is 309 g/mol. The van der Waals surface area contributed by atoms with Crippen molar-refractivity contribution in [3.05, 3.63) is 34.6 Å². The summed E-state index contributed by atoms with van der Waals surface area (Å²) in [6.07, 6.45) is 1.39. The first-order chi connectivity index (χ1) is 8.61.